The third-order valence-electron chi connectivity index (χ3n) is 4.18. The van der Waals surface area contributed by atoms with Crippen molar-refractivity contribution in [2.24, 2.45) is 0 Å². The van der Waals surface area contributed by atoms with Crippen molar-refractivity contribution >= 4 is 15.9 Å². The second-order valence-electron chi connectivity index (χ2n) is 5.73. The van der Waals surface area contributed by atoms with E-state index >= 15 is 0 Å². The van der Waals surface area contributed by atoms with E-state index in [2.05, 4.69) is 5.32 Å². The number of nitrogens with one attached hydrogen (secondary N) is 1. The van der Waals surface area contributed by atoms with Crippen LogP contribution in [-0.2, 0) is 14.8 Å². The molecule has 0 aromatic carbocycles. The predicted octanol–water partition coefficient (Wildman–Crippen LogP) is 0.0125. The molecule has 116 valence electrons. The molecule has 6 nitrogen and oxygen atoms in total. The van der Waals surface area contributed by atoms with Gasteiger partial charge in [0, 0.05) is 38.6 Å². The number of nitrogens with zero attached hydrogens (tertiary/aromatic N) is 2. The van der Waals surface area contributed by atoms with Gasteiger partial charge in [-0.2, -0.15) is 4.31 Å². The van der Waals surface area contributed by atoms with Crippen molar-refractivity contribution in [3.05, 3.63) is 0 Å². The summed E-state index contributed by atoms with van der Waals surface area (Å²) in [4.78, 5) is 13.9. The highest BCUT2D eigenvalue weighted by Crippen LogP contribution is 2.14. The highest BCUT2D eigenvalue weighted by molar-refractivity contribution is 7.88. The average Bonchev–Trinajstić information content (AvgIpc) is 2.45. The third-order valence-corrected chi connectivity index (χ3v) is 5.48. The van der Waals surface area contributed by atoms with Crippen LogP contribution >= 0.6 is 0 Å². The highest BCUT2D eigenvalue weighted by Gasteiger charge is 2.26. The first kappa shape index (κ1) is 15.7. The second kappa shape index (κ2) is 6.87. The van der Waals surface area contributed by atoms with E-state index in [1.165, 1.54) is 23.4 Å². The molecule has 2 rings (SSSR count). The minimum atomic E-state index is -3.12. The van der Waals surface area contributed by atoms with Gasteiger partial charge in [0.25, 0.3) is 0 Å². The number of piperazine rings is 1. The summed E-state index contributed by atoms with van der Waals surface area (Å²) in [6.45, 7) is 2.94. The molecule has 1 amide bonds. The van der Waals surface area contributed by atoms with Crippen LogP contribution in [0.2, 0.25) is 0 Å². The Kier molecular flexibility index (Phi) is 5.40. The topological polar surface area (TPSA) is 69.7 Å². The van der Waals surface area contributed by atoms with Crippen molar-refractivity contribution in [1.82, 2.24) is 14.5 Å². The molecule has 2 aliphatic heterocycles. The van der Waals surface area contributed by atoms with Gasteiger partial charge in [-0.05, 0) is 25.8 Å². The zero-order chi connectivity index (χ0) is 14.6. The summed E-state index contributed by atoms with van der Waals surface area (Å²) in [5.74, 6) is 0.158. The van der Waals surface area contributed by atoms with Crippen molar-refractivity contribution < 1.29 is 13.2 Å². The van der Waals surface area contributed by atoms with Crippen molar-refractivity contribution in [2.45, 2.75) is 38.1 Å². The lowest BCUT2D eigenvalue weighted by Crippen LogP contribution is -2.50. The van der Waals surface area contributed by atoms with Gasteiger partial charge >= 0.3 is 0 Å². The van der Waals surface area contributed by atoms with Crippen LogP contribution in [0.15, 0.2) is 0 Å². The molecule has 1 unspecified atom stereocenters. The Bertz CT molecular complexity index is 424. The van der Waals surface area contributed by atoms with Crippen molar-refractivity contribution in [1.29, 1.82) is 0 Å². The molecule has 2 aliphatic rings. The van der Waals surface area contributed by atoms with Gasteiger partial charge in [-0.1, -0.05) is 6.42 Å². The van der Waals surface area contributed by atoms with Crippen LogP contribution in [0.25, 0.3) is 0 Å². The molecule has 0 aromatic rings. The molecular weight excluding hydrogens is 278 g/mol. The lowest BCUT2D eigenvalue weighted by atomic mass is 10.0. The van der Waals surface area contributed by atoms with E-state index in [0.717, 1.165) is 19.4 Å². The monoisotopic (exact) mass is 303 g/mol. The lowest BCUT2D eigenvalue weighted by Gasteiger charge is -2.33. The Morgan fingerprint density at radius 3 is 2.45 bits per heavy atom. The normalized spacial score (nSPS) is 25.6. The van der Waals surface area contributed by atoms with Crippen LogP contribution in [0.3, 0.4) is 0 Å². The molecule has 20 heavy (non-hydrogen) atoms. The first-order valence-corrected chi connectivity index (χ1v) is 9.28. The molecule has 2 fully saturated rings. The summed E-state index contributed by atoms with van der Waals surface area (Å²) < 4.78 is 24.3. The Labute approximate surface area is 121 Å². The van der Waals surface area contributed by atoms with E-state index in [0.29, 0.717) is 38.6 Å². The number of hydrogen-bond donors (Lipinski definition) is 1. The van der Waals surface area contributed by atoms with E-state index in [9.17, 15) is 13.2 Å². The largest absolute Gasteiger partial charge is 0.340 e. The van der Waals surface area contributed by atoms with Crippen LogP contribution in [-0.4, -0.2) is 68.6 Å². The second-order valence-corrected chi connectivity index (χ2v) is 7.71. The molecule has 7 heteroatoms. The molecule has 0 spiro atoms. The molecule has 0 saturated carbocycles. The molecule has 2 saturated heterocycles. The number of sulfonamides is 1. The number of hydrogen-bond acceptors (Lipinski definition) is 4. The zero-order valence-electron chi connectivity index (χ0n) is 12.2. The zero-order valence-corrected chi connectivity index (χ0v) is 13.0. The summed E-state index contributed by atoms with van der Waals surface area (Å²) in [7, 11) is -3.12. The number of piperidine rings is 1. The van der Waals surface area contributed by atoms with E-state index in [-0.39, 0.29) is 5.91 Å². The maximum atomic E-state index is 12.1. The maximum Gasteiger partial charge on any atom is 0.222 e. The number of carbonyl (C=O) groups is 1. The molecule has 2 heterocycles. The van der Waals surface area contributed by atoms with E-state index < -0.39 is 10.0 Å². The molecule has 0 bridgehead atoms. The minimum Gasteiger partial charge on any atom is -0.340 e. The van der Waals surface area contributed by atoms with Gasteiger partial charge in [-0.3, -0.25) is 4.79 Å². The third kappa shape index (κ3) is 4.43. The Balaban J connectivity index is 1.71. The molecule has 1 atom stereocenters. The van der Waals surface area contributed by atoms with Crippen molar-refractivity contribution in [2.75, 3.05) is 39.0 Å². The summed E-state index contributed by atoms with van der Waals surface area (Å²) >= 11 is 0. The van der Waals surface area contributed by atoms with Crippen molar-refractivity contribution in [3.8, 4) is 0 Å². The van der Waals surface area contributed by atoms with E-state index in [4.69, 9.17) is 0 Å². The molecule has 1 N–H and O–H groups in total. The molecule has 0 aromatic heterocycles. The quantitative estimate of drug-likeness (QED) is 0.794. The maximum absolute atomic E-state index is 12.1. The summed E-state index contributed by atoms with van der Waals surface area (Å²) in [6, 6.07) is 0.477. The van der Waals surface area contributed by atoms with E-state index in [1.807, 2.05) is 0 Å². The fourth-order valence-electron chi connectivity index (χ4n) is 2.90. The van der Waals surface area contributed by atoms with Gasteiger partial charge in [0.2, 0.25) is 15.9 Å². The fraction of sp³-hybridized carbons (Fsp3) is 0.923. The standard InChI is InChI=1S/C13H25N3O3S/c1-20(18,19)16-10-8-15(9-11-16)13(17)6-5-12-4-2-3-7-14-12/h12,14H,2-11H2,1H3. The summed E-state index contributed by atoms with van der Waals surface area (Å²) in [5, 5.41) is 3.45. The Hall–Kier alpha value is -0.660. The summed E-state index contributed by atoms with van der Waals surface area (Å²) in [6.07, 6.45) is 6.33. The Morgan fingerprint density at radius 2 is 1.90 bits per heavy atom. The van der Waals surface area contributed by atoms with Gasteiger partial charge in [0.1, 0.15) is 0 Å². The smallest absolute Gasteiger partial charge is 0.222 e. The van der Waals surface area contributed by atoms with Crippen LogP contribution in [0.5, 0.6) is 0 Å². The van der Waals surface area contributed by atoms with Gasteiger partial charge in [-0.15, -0.1) is 0 Å². The van der Waals surface area contributed by atoms with Crippen molar-refractivity contribution in [3.63, 3.8) is 0 Å². The van der Waals surface area contributed by atoms with Crippen LogP contribution in [0, 0.1) is 0 Å². The number of carbonyl (C=O) groups excluding carboxylic acids is 1. The molecule has 0 aliphatic carbocycles. The van der Waals surface area contributed by atoms with Crippen LogP contribution in [0.1, 0.15) is 32.1 Å². The first-order chi connectivity index (χ1) is 9.47. The number of amides is 1. The lowest BCUT2D eigenvalue weighted by molar-refractivity contribution is -0.132. The van der Waals surface area contributed by atoms with E-state index in [1.54, 1.807) is 4.90 Å². The average molecular weight is 303 g/mol. The van der Waals surface area contributed by atoms with Crippen LogP contribution in [0.4, 0.5) is 0 Å². The van der Waals surface area contributed by atoms with Crippen LogP contribution < -0.4 is 5.32 Å². The first-order valence-electron chi connectivity index (χ1n) is 7.43. The molecular formula is C13H25N3O3S. The minimum absolute atomic E-state index is 0.158. The Morgan fingerprint density at radius 1 is 1.20 bits per heavy atom. The summed E-state index contributed by atoms with van der Waals surface area (Å²) in [5.41, 5.74) is 0. The van der Waals surface area contributed by atoms with Gasteiger partial charge < -0.3 is 10.2 Å². The molecule has 0 radical (unpaired) electrons. The van der Waals surface area contributed by atoms with Gasteiger partial charge in [-0.25, -0.2) is 8.42 Å². The SMILES string of the molecule is CS(=O)(=O)N1CCN(C(=O)CCC2CCCCN2)CC1. The van der Waals surface area contributed by atoms with Gasteiger partial charge in [0.15, 0.2) is 0 Å². The van der Waals surface area contributed by atoms with Gasteiger partial charge in [0.05, 0.1) is 6.26 Å². The predicted molar refractivity (Wildman–Crippen MR) is 77.9 cm³/mol. The number of rotatable bonds is 4. The highest BCUT2D eigenvalue weighted by atomic mass is 32.2. The fourth-order valence-corrected chi connectivity index (χ4v) is 3.72.